The Morgan fingerprint density at radius 1 is 0.939 bits per heavy atom. The molecule has 2 N–H and O–H groups in total. The maximum atomic E-state index is 13.1. The van der Waals surface area contributed by atoms with Crippen molar-refractivity contribution in [3.8, 4) is 0 Å². The molecule has 3 aromatic rings. The molecule has 33 heavy (non-hydrogen) atoms. The maximum absolute atomic E-state index is 13.1. The van der Waals surface area contributed by atoms with Crippen molar-refractivity contribution in [2.24, 2.45) is 0 Å². The highest BCUT2D eigenvalue weighted by molar-refractivity contribution is 7.89. The van der Waals surface area contributed by atoms with E-state index in [1.165, 1.54) is 12.1 Å². The van der Waals surface area contributed by atoms with Crippen LogP contribution in [-0.2, 0) is 10.0 Å². The minimum Gasteiger partial charge on any atom is -0.340 e. The molecular formula is C23H27FN6O2S. The van der Waals surface area contributed by atoms with Gasteiger partial charge in [-0.1, -0.05) is 0 Å². The summed E-state index contributed by atoms with van der Waals surface area (Å²) >= 11 is 0. The molecule has 2 aromatic carbocycles. The first-order valence-corrected chi connectivity index (χ1v) is 12.1. The van der Waals surface area contributed by atoms with Gasteiger partial charge in [0, 0.05) is 36.7 Å². The van der Waals surface area contributed by atoms with E-state index < -0.39 is 10.0 Å². The highest BCUT2D eigenvalue weighted by Gasteiger charge is 2.29. The monoisotopic (exact) mass is 470 g/mol. The van der Waals surface area contributed by atoms with Crippen molar-refractivity contribution in [2.75, 3.05) is 37.8 Å². The highest BCUT2D eigenvalue weighted by atomic mass is 32.2. The molecule has 0 saturated carbocycles. The molecule has 10 heteroatoms. The van der Waals surface area contributed by atoms with Gasteiger partial charge in [-0.15, -0.1) is 0 Å². The van der Waals surface area contributed by atoms with E-state index in [2.05, 4.69) is 25.5 Å². The Kier molecular flexibility index (Phi) is 6.87. The molecule has 0 amide bonds. The van der Waals surface area contributed by atoms with Crippen molar-refractivity contribution in [1.82, 2.24) is 19.2 Å². The minimum atomic E-state index is -3.53. The molecule has 1 aliphatic rings. The Hall–Kier alpha value is -3.08. The molecule has 8 nitrogen and oxygen atoms in total. The minimum absolute atomic E-state index is 0.268. The number of anilines is 4. The van der Waals surface area contributed by atoms with Crippen LogP contribution >= 0.6 is 0 Å². The molecule has 0 radical (unpaired) electrons. The van der Waals surface area contributed by atoms with Gasteiger partial charge in [0.2, 0.25) is 16.0 Å². The van der Waals surface area contributed by atoms with Gasteiger partial charge in [-0.05, 0) is 81.5 Å². The Balaban J connectivity index is 1.41. The topological polar surface area (TPSA) is 90.5 Å². The number of nitrogens with one attached hydrogen (secondary N) is 2. The zero-order valence-electron chi connectivity index (χ0n) is 18.6. The summed E-state index contributed by atoms with van der Waals surface area (Å²) in [7, 11) is 0.527. The number of hydrogen-bond acceptors (Lipinski definition) is 7. The zero-order valence-corrected chi connectivity index (χ0v) is 19.4. The van der Waals surface area contributed by atoms with Crippen LogP contribution in [0.2, 0.25) is 0 Å². The Morgan fingerprint density at radius 3 is 2.18 bits per heavy atom. The van der Waals surface area contributed by atoms with E-state index in [-0.39, 0.29) is 10.7 Å². The predicted molar refractivity (Wildman–Crippen MR) is 127 cm³/mol. The molecule has 0 bridgehead atoms. The van der Waals surface area contributed by atoms with Gasteiger partial charge >= 0.3 is 0 Å². The molecule has 0 atom stereocenters. The van der Waals surface area contributed by atoms with Crippen molar-refractivity contribution >= 4 is 33.2 Å². The molecule has 1 aromatic heterocycles. The van der Waals surface area contributed by atoms with E-state index in [9.17, 15) is 12.8 Å². The Morgan fingerprint density at radius 2 is 1.55 bits per heavy atom. The van der Waals surface area contributed by atoms with Gasteiger partial charge < -0.3 is 15.5 Å². The second kappa shape index (κ2) is 9.82. The van der Waals surface area contributed by atoms with Crippen molar-refractivity contribution < 1.29 is 12.8 Å². The van der Waals surface area contributed by atoms with Crippen LogP contribution in [0.5, 0.6) is 0 Å². The van der Waals surface area contributed by atoms with Crippen LogP contribution in [0.15, 0.2) is 65.7 Å². The van der Waals surface area contributed by atoms with Gasteiger partial charge in [0.05, 0.1) is 4.90 Å². The van der Waals surface area contributed by atoms with Gasteiger partial charge in [-0.25, -0.2) is 17.8 Å². The third-order valence-electron chi connectivity index (χ3n) is 5.67. The zero-order chi connectivity index (χ0) is 23.4. The van der Waals surface area contributed by atoms with E-state index in [4.69, 9.17) is 0 Å². The quantitative estimate of drug-likeness (QED) is 0.543. The number of sulfonamides is 1. The van der Waals surface area contributed by atoms with Crippen LogP contribution in [0.25, 0.3) is 0 Å². The lowest BCUT2D eigenvalue weighted by molar-refractivity contribution is 0.196. The normalized spacial score (nSPS) is 15.5. The van der Waals surface area contributed by atoms with Crippen LogP contribution in [0.3, 0.4) is 0 Å². The summed E-state index contributed by atoms with van der Waals surface area (Å²) in [5.74, 6) is 0.581. The lowest BCUT2D eigenvalue weighted by atomic mass is 10.1. The summed E-state index contributed by atoms with van der Waals surface area (Å²) in [6.45, 7) is 1.04. The van der Waals surface area contributed by atoms with E-state index in [0.717, 1.165) is 12.8 Å². The van der Waals surface area contributed by atoms with Crippen molar-refractivity contribution in [3.05, 3.63) is 66.6 Å². The number of piperidine rings is 1. The molecular weight excluding hydrogens is 443 g/mol. The van der Waals surface area contributed by atoms with Crippen LogP contribution in [-0.4, -0.2) is 60.8 Å². The van der Waals surface area contributed by atoms with Crippen molar-refractivity contribution in [2.45, 2.75) is 23.8 Å². The number of halogens is 1. The maximum Gasteiger partial charge on any atom is 0.243 e. The third kappa shape index (κ3) is 5.65. The average molecular weight is 471 g/mol. The largest absolute Gasteiger partial charge is 0.340 e. The smallest absolute Gasteiger partial charge is 0.243 e. The molecule has 1 aliphatic heterocycles. The average Bonchev–Trinajstić information content (AvgIpc) is 2.81. The van der Waals surface area contributed by atoms with Crippen molar-refractivity contribution in [3.63, 3.8) is 0 Å². The number of hydrogen-bond donors (Lipinski definition) is 2. The van der Waals surface area contributed by atoms with Crippen LogP contribution in [0.1, 0.15) is 12.8 Å². The number of benzene rings is 2. The second-order valence-electron chi connectivity index (χ2n) is 8.15. The first-order valence-electron chi connectivity index (χ1n) is 10.7. The van der Waals surface area contributed by atoms with E-state index in [1.807, 2.05) is 14.1 Å². The van der Waals surface area contributed by atoms with Gasteiger partial charge in [0.1, 0.15) is 11.6 Å². The van der Waals surface area contributed by atoms with Crippen LogP contribution < -0.4 is 10.6 Å². The first-order chi connectivity index (χ1) is 15.8. The highest BCUT2D eigenvalue weighted by Crippen LogP contribution is 2.24. The van der Waals surface area contributed by atoms with Crippen molar-refractivity contribution in [1.29, 1.82) is 0 Å². The molecule has 174 valence electrons. The fourth-order valence-electron chi connectivity index (χ4n) is 3.76. The molecule has 2 heterocycles. The Labute approximate surface area is 193 Å². The fraction of sp³-hybridized carbons (Fsp3) is 0.304. The number of rotatable bonds is 7. The lowest BCUT2D eigenvalue weighted by Crippen LogP contribution is -2.44. The molecule has 4 rings (SSSR count). The second-order valence-corrected chi connectivity index (χ2v) is 10.1. The molecule has 0 unspecified atom stereocenters. The number of aromatic nitrogens is 2. The van der Waals surface area contributed by atoms with Crippen LogP contribution in [0.4, 0.5) is 27.5 Å². The van der Waals surface area contributed by atoms with E-state index >= 15 is 0 Å². The van der Waals surface area contributed by atoms with Crippen LogP contribution in [0, 0.1) is 5.82 Å². The molecule has 1 fully saturated rings. The Bertz CT molecular complexity index is 1180. The molecule has 1 saturated heterocycles. The summed E-state index contributed by atoms with van der Waals surface area (Å²) in [6, 6.07) is 14.7. The molecule has 0 spiro atoms. The molecule has 0 aliphatic carbocycles. The SMILES string of the molecule is CN(C)C1CCN(S(=O)(=O)c2ccc(Nc3nccc(Nc4ccc(F)cc4)n3)cc2)CC1. The standard InChI is InChI=1S/C23H27FN6O2S/c1-29(2)20-12-15-30(16-13-20)33(31,32)21-9-7-19(8-10-21)27-23-25-14-11-22(28-23)26-18-5-3-17(24)4-6-18/h3-11,14,20H,12-13,15-16H2,1-2H3,(H2,25,26,27,28). The van der Waals surface area contributed by atoms with Gasteiger partial charge in [0.25, 0.3) is 0 Å². The summed E-state index contributed by atoms with van der Waals surface area (Å²) in [5.41, 5.74) is 1.37. The first kappa shape index (κ1) is 23.1. The summed E-state index contributed by atoms with van der Waals surface area (Å²) < 4.78 is 40.7. The summed E-state index contributed by atoms with van der Waals surface area (Å²) in [4.78, 5) is 11.0. The van der Waals surface area contributed by atoms with E-state index in [1.54, 1.807) is 53.0 Å². The third-order valence-corrected chi connectivity index (χ3v) is 7.59. The van der Waals surface area contributed by atoms with Gasteiger partial charge in [-0.2, -0.15) is 9.29 Å². The summed E-state index contributed by atoms with van der Waals surface area (Å²) in [6.07, 6.45) is 3.24. The van der Waals surface area contributed by atoms with E-state index in [0.29, 0.717) is 42.3 Å². The predicted octanol–water partition coefficient (Wildman–Crippen LogP) is 3.82. The lowest BCUT2D eigenvalue weighted by Gasteiger charge is -2.34. The van der Waals surface area contributed by atoms with Gasteiger partial charge in [-0.3, -0.25) is 0 Å². The fourth-order valence-corrected chi connectivity index (χ4v) is 5.23. The van der Waals surface area contributed by atoms with Gasteiger partial charge in [0.15, 0.2) is 0 Å². The number of nitrogens with zero attached hydrogens (tertiary/aromatic N) is 4. The summed E-state index contributed by atoms with van der Waals surface area (Å²) in [5, 5.41) is 6.17.